The highest BCUT2D eigenvalue weighted by atomic mass is 32.2. The van der Waals surface area contributed by atoms with Crippen LogP contribution in [-0.4, -0.2) is 0 Å². The van der Waals surface area contributed by atoms with Crippen LogP contribution >= 0.6 is 11.8 Å². The molecule has 0 aromatic heterocycles. The number of hydrogen-bond acceptors (Lipinski definition) is 1. The van der Waals surface area contributed by atoms with Crippen molar-refractivity contribution >= 4 is 11.8 Å². The standard InChI is InChI=1S/C84H120S/c1-73(2,3)51-42-58(77(13,14)15)66(59(43-51)78(16,17)18)56-50-57(67-60(79(19,20)21)44-52(74(4,5)6)45-61(67)80(22,23)24)69(71-64(83(31,32)33)48-54(76(10,11)12)49-65(71)84(34,35)36)72(85-55-40-38-37-39-41-55)68(56)70-62(81(25,26)27)46-53(75(7,8)9)47-63(70)82(28,29)30/h38-49H,1-36H3. The highest BCUT2D eigenvalue weighted by Gasteiger charge is 2.42. The molecule has 0 aliphatic heterocycles. The molecule has 2 radical (unpaired) electrons. The van der Waals surface area contributed by atoms with E-state index >= 15 is 0 Å². The van der Waals surface area contributed by atoms with Crippen LogP contribution in [0.3, 0.4) is 0 Å². The molecule has 0 atom stereocenters. The van der Waals surface area contributed by atoms with Crippen molar-refractivity contribution in [2.75, 3.05) is 0 Å². The summed E-state index contributed by atoms with van der Waals surface area (Å²) in [5.74, 6) is 0. The van der Waals surface area contributed by atoms with Crippen LogP contribution in [0.2, 0.25) is 0 Å². The molecule has 0 unspecified atom stereocenters. The van der Waals surface area contributed by atoms with Gasteiger partial charge in [-0.05, 0) is 189 Å². The van der Waals surface area contributed by atoms with Crippen molar-refractivity contribution in [1.29, 1.82) is 0 Å². The molecule has 0 nitrogen and oxygen atoms in total. The van der Waals surface area contributed by atoms with Crippen LogP contribution in [0, 0.1) is 12.1 Å². The number of rotatable bonds is 6. The Kier molecular flexibility index (Phi) is 18.3. The maximum Gasteiger partial charge on any atom is 0.0292 e. The summed E-state index contributed by atoms with van der Waals surface area (Å²) in [6.45, 7) is 87.8. The fourth-order valence-electron chi connectivity index (χ4n) is 12.2. The summed E-state index contributed by atoms with van der Waals surface area (Å²) >= 11 is 1.97. The molecule has 6 rings (SSSR count). The van der Waals surface area contributed by atoms with Crippen LogP contribution in [0.4, 0.5) is 0 Å². The van der Waals surface area contributed by atoms with Gasteiger partial charge in [0.15, 0.2) is 0 Å². The summed E-state index contributed by atoms with van der Waals surface area (Å²) in [5.41, 5.74) is 24.2. The van der Waals surface area contributed by atoms with E-state index in [2.05, 4.69) is 328 Å². The van der Waals surface area contributed by atoms with Gasteiger partial charge in [-0.15, -0.1) is 0 Å². The third-order valence-corrected chi connectivity index (χ3v) is 18.7. The molecule has 0 aliphatic carbocycles. The van der Waals surface area contributed by atoms with E-state index in [0.717, 1.165) is 0 Å². The Morgan fingerprint density at radius 3 is 0.600 bits per heavy atom. The van der Waals surface area contributed by atoms with Crippen molar-refractivity contribution in [1.82, 2.24) is 0 Å². The highest BCUT2D eigenvalue weighted by Crippen LogP contribution is 2.61. The van der Waals surface area contributed by atoms with Gasteiger partial charge < -0.3 is 0 Å². The summed E-state index contributed by atoms with van der Waals surface area (Å²) in [5, 5.41) is 0. The predicted molar refractivity (Wildman–Crippen MR) is 381 cm³/mol. The van der Waals surface area contributed by atoms with Gasteiger partial charge in [0.05, 0.1) is 0 Å². The Bertz CT molecular complexity index is 3090. The van der Waals surface area contributed by atoms with E-state index < -0.39 is 0 Å². The van der Waals surface area contributed by atoms with E-state index in [-0.39, 0.29) is 65.0 Å². The molecule has 6 aromatic carbocycles. The Balaban J connectivity index is 2.39. The maximum atomic E-state index is 4.89. The molecule has 0 saturated carbocycles. The normalized spacial score (nSPS) is 14.2. The topological polar surface area (TPSA) is 0 Å². The summed E-state index contributed by atoms with van der Waals surface area (Å²) < 4.78 is 0. The Labute approximate surface area is 528 Å². The van der Waals surface area contributed by atoms with Crippen LogP contribution in [-0.2, 0) is 65.0 Å². The molecule has 1 heteroatoms. The summed E-state index contributed by atoms with van der Waals surface area (Å²) in [6.07, 6.45) is 0. The first-order valence-corrected chi connectivity index (χ1v) is 33.2. The second kappa shape index (κ2) is 22.3. The van der Waals surface area contributed by atoms with Gasteiger partial charge in [0.1, 0.15) is 0 Å². The second-order valence-corrected chi connectivity index (χ2v) is 39.2. The monoisotopic (exact) mass is 1160 g/mol. The van der Waals surface area contributed by atoms with Crippen molar-refractivity contribution in [3.63, 3.8) is 0 Å². The third kappa shape index (κ3) is 14.9. The van der Waals surface area contributed by atoms with E-state index in [0.29, 0.717) is 0 Å². The summed E-state index contributed by atoms with van der Waals surface area (Å²) in [7, 11) is 0. The first-order valence-electron chi connectivity index (χ1n) is 32.3. The highest BCUT2D eigenvalue weighted by molar-refractivity contribution is 7.99. The van der Waals surface area contributed by atoms with E-state index in [1.807, 2.05) is 11.8 Å². The molecule has 0 aliphatic rings. The van der Waals surface area contributed by atoms with E-state index in [1.54, 1.807) is 0 Å². The lowest BCUT2D eigenvalue weighted by Crippen LogP contribution is -2.26. The molecule has 0 bridgehead atoms. The SMILES string of the molecule is CC(C)(C)c1cc(C(C)(C)C)c(-c2[c]c(-c3c(C(C)(C)C)cc(C(C)(C)C)cc3C(C)(C)C)c(-c3c(C(C)(C)C)cc(C(C)(C)C)cc3C(C)(C)C)c(Sc3cc[c]cc3)c2-c2c(C(C)(C)C)cc(C(C)(C)C)cc2C(C)(C)C)c(C(C)(C)C)c1. The van der Waals surface area contributed by atoms with Gasteiger partial charge in [-0.25, -0.2) is 0 Å². The first-order chi connectivity index (χ1) is 37.8. The largest absolute Gasteiger partial charge is 0.0887 e. The molecule has 0 saturated heterocycles. The smallest absolute Gasteiger partial charge is 0.0292 e. The molecule has 6 aromatic rings. The van der Waals surface area contributed by atoms with Crippen LogP contribution in [0.15, 0.2) is 82.6 Å². The Morgan fingerprint density at radius 2 is 0.424 bits per heavy atom. The zero-order chi connectivity index (χ0) is 65.3. The molecule has 462 valence electrons. The van der Waals surface area contributed by atoms with Crippen molar-refractivity contribution in [3.8, 4) is 44.5 Å². The molecule has 0 amide bonds. The number of hydrogen-bond donors (Lipinski definition) is 0. The second-order valence-electron chi connectivity index (χ2n) is 38.1. The maximum absolute atomic E-state index is 4.89. The first kappa shape index (κ1) is 69.8. The van der Waals surface area contributed by atoms with Gasteiger partial charge in [-0.3, -0.25) is 0 Å². The summed E-state index contributed by atoms with van der Waals surface area (Å²) in [6, 6.07) is 38.1. The average Bonchev–Trinajstić information content (AvgIpc) is 0.756. The lowest BCUT2D eigenvalue weighted by molar-refractivity contribution is 0.548. The van der Waals surface area contributed by atoms with E-state index in [4.69, 9.17) is 6.07 Å². The minimum atomic E-state index is -0.269. The van der Waals surface area contributed by atoms with Gasteiger partial charge in [0.25, 0.3) is 0 Å². The molecule has 0 heterocycles. The quantitative estimate of drug-likeness (QED) is 0.160. The van der Waals surface area contributed by atoms with Crippen molar-refractivity contribution in [2.45, 2.75) is 324 Å². The number of benzene rings is 6. The van der Waals surface area contributed by atoms with Crippen LogP contribution in [0.25, 0.3) is 44.5 Å². The van der Waals surface area contributed by atoms with Crippen LogP contribution in [0.1, 0.15) is 316 Å². The molecule has 85 heavy (non-hydrogen) atoms. The van der Waals surface area contributed by atoms with Crippen molar-refractivity contribution < 1.29 is 0 Å². The van der Waals surface area contributed by atoms with Crippen LogP contribution in [0.5, 0.6) is 0 Å². The lowest BCUT2D eigenvalue weighted by atomic mass is 9.65. The van der Waals surface area contributed by atoms with Crippen LogP contribution < -0.4 is 0 Å². The van der Waals surface area contributed by atoms with E-state index in [9.17, 15) is 0 Å². The van der Waals surface area contributed by atoms with Gasteiger partial charge in [0.2, 0.25) is 0 Å². The van der Waals surface area contributed by atoms with Gasteiger partial charge in [-0.1, -0.05) is 322 Å². The summed E-state index contributed by atoms with van der Waals surface area (Å²) in [4.78, 5) is 2.48. The Hall–Kier alpha value is -4.33. The molecular formula is C84H120S. The molecular weight excluding hydrogens is 1040 g/mol. The molecule has 0 N–H and O–H groups in total. The molecule has 0 spiro atoms. The third-order valence-electron chi connectivity index (χ3n) is 17.6. The lowest BCUT2D eigenvalue weighted by Gasteiger charge is -2.40. The predicted octanol–water partition coefficient (Wildman–Crippen LogP) is 25.7. The van der Waals surface area contributed by atoms with Crippen molar-refractivity contribution in [2.24, 2.45) is 0 Å². The van der Waals surface area contributed by atoms with E-state index in [1.165, 1.54) is 121 Å². The fourth-order valence-corrected chi connectivity index (χ4v) is 13.3. The zero-order valence-electron chi connectivity index (χ0n) is 61.3. The Morgan fingerprint density at radius 1 is 0.235 bits per heavy atom. The average molecular weight is 1160 g/mol. The zero-order valence-corrected chi connectivity index (χ0v) is 62.2. The van der Waals surface area contributed by atoms with Gasteiger partial charge >= 0.3 is 0 Å². The van der Waals surface area contributed by atoms with Gasteiger partial charge in [-0.2, -0.15) is 0 Å². The van der Waals surface area contributed by atoms with Crippen molar-refractivity contribution in [3.05, 3.63) is 152 Å². The fraction of sp³-hybridized carbons (Fsp3) is 0.571. The van der Waals surface area contributed by atoms with Gasteiger partial charge in [0, 0.05) is 20.9 Å². The minimum Gasteiger partial charge on any atom is -0.0887 e. The minimum absolute atomic E-state index is 0.100. The molecule has 0 fully saturated rings.